The summed E-state index contributed by atoms with van der Waals surface area (Å²) in [5.74, 6) is 0. The van der Waals surface area contributed by atoms with Gasteiger partial charge in [-0.1, -0.05) is 19.1 Å². The molecular formula is C16H26ClN3O2S. The molecule has 0 radical (unpaired) electrons. The Morgan fingerprint density at radius 1 is 1.13 bits per heavy atom. The van der Waals surface area contributed by atoms with Crippen molar-refractivity contribution < 1.29 is 8.42 Å². The Kier molecular flexibility index (Phi) is 6.45. The van der Waals surface area contributed by atoms with Crippen molar-refractivity contribution in [1.29, 1.82) is 0 Å². The summed E-state index contributed by atoms with van der Waals surface area (Å²) >= 11 is 0. The second-order valence-electron chi connectivity index (χ2n) is 6.09. The Labute approximate surface area is 145 Å². The Hall–Kier alpha value is -0.660. The molecule has 3 rings (SSSR count). The van der Waals surface area contributed by atoms with E-state index in [0.717, 1.165) is 39.0 Å². The lowest BCUT2D eigenvalue weighted by Gasteiger charge is -2.32. The topological polar surface area (TPSA) is 52.7 Å². The first-order valence-corrected chi connectivity index (χ1v) is 9.59. The monoisotopic (exact) mass is 359 g/mol. The molecule has 0 spiro atoms. The van der Waals surface area contributed by atoms with Gasteiger partial charge in [0.15, 0.2) is 0 Å². The minimum atomic E-state index is -3.34. The predicted molar refractivity (Wildman–Crippen MR) is 94.7 cm³/mol. The highest BCUT2D eigenvalue weighted by Crippen LogP contribution is 2.24. The molecule has 1 atom stereocenters. The number of aryl methyl sites for hydroxylation is 1. The highest BCUT2D eigenvalue weighted by Gasteiger charge is 2.35. The molecule has 7 heteroatoms. The molecule has 2 aliphatic heterocycles. The molecule has 2 heterocycles. The first-order chi connectivity index (χ1) is 10.6. The lowest BCUT2D eigenvalue weighted by atomic mass is 10.2. The Morgan fingerprint density at radius 2 is 1.78 bits per heavy atom. The van der Waals surface area contributed by atoms with Gasteiger partial charge in [0.1, 0.15) is 0 Å². The van der Waals surface area contributed by atoms with E-state index in [4.69, 9.17) is 0 Å². The van der Waals surface area contributed by atoms with E-state index in [1.54, 1.807) is 16.4 Å². The lowest BCUT2D eigenvalue weighted by molar-refractivity contribution is 0.179. The zero-order chi connectivity index (χ0) is 15.6. The molecule has 5 nitrogen and oxygen atoms in total. The zero-order valence-electron chi connectivity index (χ0n) is 13.6. The normalized spacial score (nSPS) is 23.6. The highest BCUT2D eigenvalue weighted by molar-refractivity contribution is 7.89. The van der Waals surface area contributed by atoms with E-state index < -0.39 is 10.0 Å². The average Bonchev–Trinajstić information content (AvgIpc) is 3.06. The molecule has 1 aromatic carbocycles. The van der Waals surface area contributed by atoms with E-state index in [1.807, 2.05) is 12.1 Å². The number of hydrogen-bond donors (Lipinski definition) is 1. The maximum atomic E-state index is 12.8. The summed E-state index contributed by atoms with van der Waals surface area (Å²) in [5.41, 5.74) is 1.17. The molecule has 1 N–H and O–H groups in total. The summed E-state index contributed by atoms with van der Waals surface area (Å²) < 4.78 is 27.2. The van der Waals surface area contributed by atoms with Gasteiger partial charge in [-0.3, -0.25) is 4.90 Å². The first kappa shape index (κ1) is 18.7. The minimum Gasteiger partial charge on any atom is -0.314 e. The predicted octanol–water partition coefficient (Wildman–Crippen LogP) is 1.34. The third-order valence-corrected chi connectivity index (χ3v) is 6.64. The number of piperazine rings is 1. The smallest absolute Gasteiger partial charge is 0.243 e. The van der Waals surface area contributed by atoms with Crippen LogP contribution in [0.4, 0.5) is 0 Å². The highest BCUT2D eigenvalue weighted by atomic mass is 35.5. The van der Waals surface area contributed by atoms with Gasteiger partial charge in [0.25, 0.3) is 0 Å². The molecule has 1 unspecified atom stereocenters. The molecule has 0 bridgehead atoms. The lowest BCUT2D eigenvalue weighted by Crippen LogP contribution is -2.49. The molecule has 0 amide bonds. The first-order valence-electron chi connectivity index (χ1n) is 8.15. The van der Waals surface area contributed by atoms with Gasteiger partial charge in [-0.2, -0.15) is 4.31 Å². The van der Waals surface area contributed by atoms with Crippen LogP contribution in [0.5, 0.6) is 0 Å². The van der Waals surface area contributed by atoms with Crippen LogP contribution in [0.2, 0.25) is 0 Å². The van der Waals surface area contributed by atoms with Crippen LogP contribution in [0, 0.1) is 0 Å². The van der Waals surface area contributed by atoms with Gasteiger partial charge in [0.2, 0.25) is 10.0 Å². The molecule has 2 fully saturated rings. The fourth-order valence-electron chi connectivity index (χ4n) is 3.32. The van der Waals surface area contributed by atoms with Crippen LogP contribution in [0.15, 0.2) is 29.2 Å². The van der Waals surface area contributed by atoms with E-state index >= 15 is 0 Å². The van der Waals surface area contributed by atoms with Crippen LogP contribution in [-0.4, -0.2) is 62.9 Å². The van der Waals surface area contributed by atoms with Crippen LogP contribution in [0.3, 0.4) is 0 Å². The summed E-state index contributed by atoms with van der Waals surface area (Å²) in [6.07, 6.45) is 1.86. The van der Waals surface area contributed by atoms with Crippen molar-refractivity contribution in [2.45, 2.75) is 30.7 Å². The van der Waals surface area contributed by atoms with E-state index in [0.29, 0.717) is 24.0 Å². The third-order valence-electron chi connectivity index (χ3n) is 4.76. The number of nitrogens with zero attached hydrogens (tertiary/aromatic N) is 2. The van der Waals surface area contributed by atoms with Crippen molar-refractivity contribution in [3.05, 3.63) is 29.8 Å². The van der Waals surface area contributed by atoms with Crippen molar-refractivity contribution in [1.82, 2.24) is 14.5 Å². The van der Waals surface area contributed by atoms with Crippen LogP contribution < -0.4 is 5.32 Å². The number of rotatable bonds is 4. The summed E-state index contributed by atoms with van der Waals surface area (Å²) in [7, 11) is -3.34. The van der Waals surface area contributed by atoms with Crippen molar-refractivity contribution in [3.8, 4) is 0 Å². The summed E-state index contributed by atoms with van der Waals surface area (Å²) in [4.78, 5) is 2.84. The SMILES string of the molecule is CCc1ccc(S(=O)(=O)N2CCC(N3CCNCC3)C2)cc1.Cl. The second kappa shape index (κ2) is 7.94. The minimum absolute atomic E-state index is 0. The Morgan fingerprint density at radius 3 is 2.39 bits per heavy atom. The third kappa shape index (κ3) is 4.06. The molecule has 23 heavy (non-hydrogen) atoms. The number of sulfonamides is 1. The molecule has 0 aromatic heterocycles. The summed E-state index contributed by atoms with van der Waals surface area (Å²) in [6, 6.07) is 7.68. The van der Waals surface area contributed by atoms with E-state index in [1.165, 1.54) is 5.56 Å². The Bertz CT molecular complexity index is 600. The fraction of sp³-hybridized carbons (Fsp3) is 0.625. The molecule has 0 aliphatic carbocycles. The maximum absolute atomic E-state index is 12.8. The standard InChI is InChI=1S/C16H25N3O2S.ClH/c1-2-14-3-5-16(6-4-14)22(20,21)19-10-7-15(13-19)18-11-8-17-9-12-18;/h3-6,15,17H,2,7-13H2,1H3;1H. The zero-order valence-corrected chi connectivity index (χ0v) is 15.2. The number of benzene rings is 1. The number of hydrogen-bond acceptors (Lipinski definition) is 4. The van der Waals surface area contributed by atoms with Crippen LogP contribution in [0.1, 0.15) is 18.9 Å². The van der Waals surface area contributed by atoms with Crippen molar-refractivity contribution in [2.24, 2.45) is 0 Å². The molecule has 1 aromatic rings. The van der Waals surface area contributed by atoms with Crippen LogP contribution in [-0.2, 0) is 16.4 Å². The van der Waals surface area contributed by atoms with E-state index in [-0.39, 0.29) is 12.4 Å². The molecular weight excluding hydrogens is 334 g/mol. The van der Waals surface area contributed by atoms with Gasteiger partial charge in [0.05, 0.1) is 4.90 Å². The van der Waals surface area contributed by atoms with Crippen molar-refractivity contribution >= 4 is 22.4 Å². The van der Waals surface area contributed by atoms with Gasteiger partial charge in [-0.25, -0.2) is 8.42 Å². The molecule has 2 saturated heterocycles. The van der Waals surface area contributed by atoms with Gasteiger partial charge in [-0.15, -0.1) is 12.4 Å². The number of halogens is 1. The molecule has 0 saturated carbocycles. The van der Waals surface area contributed by atoms with E-state index in [2.05, 4.69) is 17.1 Å². The fourth-order valence-corrected chi connectivity index (χ4v) is 4.81. The van der Waals surface area contributed by atoms with Crippen LogP contribution in [0.25, 0.3) is 0 Å². The quantitative estimate of drug-likeness (QED) is 0.881. The molecule has 2 aliphatic rings. The summed E-state index contributed by atoms with van der Waals surface area (Å²) in [6.45, 7) is 7.36. The van der Waals surface area contributed by atoms with Crippen molar-refractivity contribution in [3.63, 3.8) is 0 Å². The largest absolute Gasteiger partial charge is 0.314 e. The van der Waals surface area contributed by atoms with Crippen LogP contribution >= 0.6 is 12.4 Å². The summed E-state index contributed by atoms with van der Waals surface area (Å²) in [5, 5.41) is 3.34. The van der Waals surface area contributed by atoms with E-state index in [9.17, 15) is 8.42 Å². The Balaban J connectivity index is 0.00000192. The van der Waals surface area contributed by atoms with Gasteiger partial charge < -0.3 is 5.32 Å². The van der Waals surface area contributed by atoms with Gasteiger partial charge in [0, 0.05) is 45.3 Å². The number of nitrogens with one attached hydrogen (secondary N) is 1. The molecule has 130 valence electrons. The van der Waals surface area contributed by atoms with Gasteiger partial charge >= 0.3 is 0 Å². The maximum Gasteiger partial charge on any atom is 0.243 e. The average molecular weight is 360 g/mol. The van der Waals surface area contributed by atoms with Gasteiger partial charge in [-0.05, 0) is 30.5 Å². The van der Waals surface area contributed by atoms with Crippen molar-refractivity contribution in [2.75, 3.05) is 39.3 Å². The second-order valence-corrected chi connectivity index (χ2v) is 8.03.